The van der Waals surface area contributed by atoms with E-state index in [4.69, 9.17) is 23.2 Å². The zero-order valence-corrected chi connectivity index (χ0v) is 13.5. The lowest BCUT2D eigenvalue weighted by molar-refractivity contribution is -0.557. The van der Waals surface area contributed by atoms with Crippen molar-refractivity contribution in [3.05, 3.63) is 62.2 Å². The van der Waals surface area contributed by atoms with Gasteiger partial charge in [0.2, 0.25) is 5.54 Å². The van der Waals surface area contributed by atoms with Gasteiger partial charge < -0.3 is 0 Å². The van der Waals surface area contributed by atoms with Crippen molar-refractivity contribution in [2.24, 2.45) is 5.92 Å². The molecule has 0 spiro atoms. The number of halogens is 2. The molecule has 0 fully saturated rings. The van der Waals surface area contributed by atoms with E-state index in [9.17, 15) is 10.1 Å². The molecule has 0 saturated heterocycles. The zero-order chi connectivity index (χ0) is 15.6. The summed E-state index contributed by atoms with van der Waals surface area (Å²) in [7, 11) is 0. The van der Waals surface area contributed by atoms with Crippen LogP contribution in [0.5, 0.6) is 0 Å². The Morgan fingerprint density at radius 3 is 2.38 bits per heavy atom. The maximum Gasteiger partial charge on any atom is 0.247 e. The Morgan fingerprint density at radius 1 is 1.29 bits per heavy atom. The molecule has 0 aliphatic heterocycles. The second-order valence-corrected chi connectivity index (χ2v) is 6.64. The lowest BCUT2D eigenvalue weighted by Crippen LogP contribution is -2.39. The van der Waals surface area contributed by atoms with Crippen LogP contribution in [0.4, 0.5) is 0 Å². The molecule has 112 valence electrons. The second kappa shape index (κ2) is 6.20. The molecule has 1 aromatic rings. The van der Waals surface area contributed by atoms with E-state index < -0.39 is 5.54 Å². The van der Waals surface area contributed by atoms with E-state index in [0.717, 1.165) is 5.56 Å². The molecule has 1 atom stereocenters. The van der Waals surface area contributed by atoms with Crippen LogP contribution in [0, 0.1) is 16.0 Å². The SMILES string of the molecule is CC(C)CC1([N+](=O)[O-])C=C(Cl)C(c2ccccc2)=C(Cl)C1. The van der Waals surface area contributed by atoms with Crippen molar-refractivity contribution in [3.63, 3.8) is 0 Å². The number of allylic oxidation sites excluding steroid dienone is 2. The molecule has 0 N–H and O–H groups in total. The summed E-state index contributed by atoms with van der Waals surface area (Å²) >= 11 is 12.7. The molecular weight excluding hydrogens is 309 g/mol. The highest BCUT2D eigenvalue weighted by Gasteiger charge is 2.45. The summed E-state index contributed by atoms with van der Waals surface area (Å²) in [5, 5.41) is 12.4. The van der Waals surface area contributed by atoms with E-state index in [1.807, 2.05) is 44.2 Å². The third-order valence-electron chi connectivity index (χ3n) is 3.55. The topological polar surface area (TPSA) is 43.1 Å². The molecule has 5 heteroatoms. The van der Waals surface area contributed by atoms with E-state index >= 15 is 0 Å². The van der Waals surface area contributed by atoms with E-state index in [0.29, 0.717) is 22.1 Å². The number of nitro groups is 1. The molecule has 21 heavy (non-hydrogen) atoms. The maximum absolute atomic E-state index is 11.6. The third-order valence-corrected chi connectivity index (χ3v) is 4.18. The summed E-state index contributed by atoms with van der Waals surface area (Å²) in [6, 6.07) is 9.48. The first-order valence-electron chi connectivity index (χ1n) is 6.83. The van der Waals surface area contributed by atoms with Crippen LogP contribution >= 0.6 is 23.2 Å². The molecular formula is C16H17Cl2NO2. The van der Waals surface area contributed by atoms with Crippen molar-refractivity contribution in [2.45, 2.75) is 32.2 Å². The Hall–Kier alpha value is -1.32. The summed E-state index contributed by atoms with van der Waals surface area (Å²) in [6.07, 6.45) is 2.15. The highest BCUT2D eigenvalue weighted by Crippen LogP contribution is 2.44. The lowest BCUT2D eigenvalue weighted by atomic mass is 9.81. The molecule has 0 radical (unpaired) electrons. The largest absolute Gasteiger partial charge is 0.264 e. The van der Waals surface area contributed by atoms with Crippen molar-refractivity contribution in [1.29, 1.82) is 0 Å². The van der Waals surface area contributed by atoms with Gasteiger partial charge in [-0.25, -0.2) is 0 Å². The molecule has 0 saturated carbocycles. The molecule has 1 unspecified atom stereocenters. The van der Waals surface area contributed by atoms with Crippen LogP contribution in [0.2, 0.25) is 0 Å². The third kappa shape index (κ3) is 3.30. The number of nitrogens with zero attached hydrogens (tertiary/aromatic N) is 1. The number of hydrogen-bond acceptors (Lipinski definition) is 2. The van der Waals surface area contributed by atoms with Gasteiger partial charge in [-0.05, 0) is 11.5 Å². The molecule has 1 aromatic carbocycles. The van der Waals surface area contributed by atoms with Gasteiger partial charge in [0.1, 0.15) is 0 Å². The Labute approximate surface area is 134 Å². The van der Waals surface area contributed by atoms with Gasteiger partial charge in [-0.2, -0.15) is 0 Å². The average Bonchev–Trinajstić information content (AvgIpc) is 2.38. The first kappa shape index (κ1) is 16.1. The van der Waals surface area contributed by atoms with Crippen LogP contribution in [0.1, 0.15) is 32.3 Å². The van der Waals surface area contributed by atoms with Gasteiger partial charge >= 0.3 is 0 Å². The highest BCUT2D eigenvalue weighted by molar-refractivity contribution is 6.42. The smallest absolute Gasteiger partial charge is 0.247 e. The summed E-state index contributed by atoms with van der Waals surface area (Å²) in [5.41, 5.74) is 0.367. The van der Waals surface area contributed by atoms with Crippen molar-refractivity contribution in [3.8, 4) is 0 Å². The van der Waals surface area contributed by atoms with Gasteiger partial charge in [-0.3, -0.25) is 10.1 Å². The molecule has 0 amide bonds. The standard InChI is InChI=1S/C16H17Cl2NO2/c1-11(2)8-16(19(20)21)9-13(17)15(14(18)10-16)12-6-4-3-5-7-12/h3-7,9,11H,8,10H2,1-2H3. The van der Waals surface area contributed by atoms with Crippen LogP contribution in [0.15, 0.2) is 46.5 Å². The summed E-state index contributed by atoms with van der Waals surface area (Å²) in [6.45, 7) is 3.91. The Morgan fingerprint density at radius 2 is 1.90 bits per heavy atom. The fraction of sp³-hybridized carbons (Fsp3) is 0.375. The molecule has 0 heterocycles. The summed E-state index contributed by atoms with van der Waals surface area (Å²) < 4.78 is 0. The highest BCUT2D eigenvalue weighted by atomic mass is 35.5. The van der Waals surface area contributed by atoms with Crippen LogP contribution in [-0.2, 0) is 0 Å². The van der Waals surface area contributed by atoms with E-state index in [2.05, 4.69) is 0 Å². The first-order valence-corrected chi connectivity index (χ1v) is 7.58. The van der Waals surface area contributed by atoms with Gasteiger partial charge in [-0.15, -0.1) is 0 Å². The minimum atomic E-state index is -1.21. The van der Waals surface area contributed by atoms with E-state index in [-0.39, 0.29) is 17.3 Å². The number of benzene rings is 1. The molecule has 2 rings (SSSR count). The van der Waals surface area contributed by atoms with Crippen molar-refractivity contribution >= 4 is 28.8 Å². The predicted molar refractivity (Wildman–Crippen MR) is 86.9 cm³/mol. The minimum Gasteiger partial charge on any atom is -0.264 e. The van der Waals surface area contributed by atoms with Crippen LogP contribution in [0.25, 0.3) is 5.57 Å². The predicted octanol–water partition coefficient (Wildman–Crippen LogP) is 5.22. The van der Waals surface area contributed by atoms with Crippen LogP contribution in [0.3, 0.4) is 0 Å². The average molecular weight is 326 g/mol. The molecule has 1 aliphatic carbocycles. The van der Waals surface area contributed by atoms with Crippen LogP contribution < -0.4 is 0 Å². The van der Waals surface area contributed by atoms with Crippen molar-refractivity contribution in [2.75, 3.05) is 0 Å². The van der Waals surface area contributed by atoms with Crippen molar-refractivity contribution < 1.29 is 4.92 Å². The fourth-order valence-corrected chi connectivity index (χ4v) is 3.69. The quantitative estimate of drug-likeness (QED) is 0.562. The molecule has 0 bridgehead atoms. The van der Waals surface area contributed by atoms with E-state index in [1.165, 1.54) is 0 Å². The Bertz CT molecular complexity index is 608. The maximum atomic E-state index is 11.6. The molecule has 0 aromatic heterocycles. The first-order chi connectivity index (χ1) is 9.85. The summed E-state index contributed by atoms with van der Waals surface area (Å²) in [4.78, 5) is 11.3. The molecule has 1 aliphatic rings. The van der Waals surface area contributed by atoms with Crippen molar-refractivity contribution in [1.82, 2.24) is 0 Å². The number of rotatable bonds is 4. The van der Waals surface area contributed by atoms with E-state index in [1.54, 1.807) is 6.08 Å². The lowest BCUT2D eigenvalue weighted by Gasteiger charge is -2.29. The molecule has 3 nitrogen and oxygen atoms in total. The fourth-order valence-electron chi connectivity index (χ4n) is 2.77. The van der Waals surface area contributed by atoms with Gasteiger partial charge in [-0.1, -0.05) is 67.4 Å². The zero-order valence-electron chi connectivity index (χ0n) is 12.0. The number of hydrogen-bond donors (Lipinski definition) is 0. The second-order valence-electron chi connectivity index (χ2n) is 5.77. The van der Waals surface area contributed by atoms with Crippen LogP contribution in [-0.4, -0.2) is 10.5 Å². The van der Waals surface area contributed by atoms with Gasteiger partial charge in [0, 0.05) is 28.0 Å². The monoisotopic (exact) mass is 325 g/mol. The Kier molecular flexibility index (Phi) is 4.74. The summed E-state index contributed by atoms with van der Waals surface area (Å²) in [5.74, 6) is 0.179. The van der Waals surface area contributed by atoms with Gasteiger partial charge in [0.15, 0.2) is 0 Å². The van der Waals surface area contributed by atoms with Gasteiger partial charge in [0.25, 0.3) is 0 Å². The Balaban J connectivity index is 2.46. The minimum absolute atomic E-state index is 0.179. The van der Waals surface area contributed by atoms with Gasteiger partial charge in [0.05, 0.1) is 11.5 Å². The normalized spacial score (nSPS) is 22.4.